The third-order valence-corrected chi connectivity index (χ3v) is 7.27. The molecule has 2 aromatic rings. The van der Waals surface area contributed by atoms with Crippen molar-refractivity contribution in [2.24, 2.45) is 0 Å². The number of rotatable bonds is 5. The molecular weight excluding hydrogens is 457 g/mol. The monoisotopic (exact) mass is 486 g/mol. The summed E-state index contributed by atoms with van der Waals surface area (Å²) in [6.07, 6.45) is -2.77. The lowest BCUT2D eigenvalue weighted by molar-refractivity contribution is -0.143. The van der Waals surface area contributed by atoms with Crippen molar-refractivity contribution in [1.29, 1.82) is 0 Å². The molecule has 0 unspecified atom stereocenters. The summed E-state index contributed by atoms with van der Waals surface area (Å²) in [5.41, 5.74) is -1.25. The predicted octanol–water partition coefficient (Wildman–Crippen LogP) is 4.91. The Bertz CT molecular complexity index is 1100. The zero-order valence-corrected chi connectivity index (χ0v) is 19.7. The average molecular weight is 487 g/mol. The summed E-state index contributed by atoms with van der Waals surface area (Å²) >= 11 is 0. The highest BCUT2D eigenvalue weighted by atomic mass is 19.4. The molecule has 5 nitrogen and oxygen atoms in total. The summed E-state index contributed by atoms with van der Waals surface area (Å²) in [4.78, 5) is 42.3. The van der Waals surface area contributed by atoms with Gasteiger partial charge in [-0.2, -0.15) is 13.2 Å². The van der Waals surface area contributed by atoms with Crippen molar-refractivity contribution in [3.8, 4) is 0 Å². The normalized spacial score (nSPS) is 23.5. The summed E-state index contributed by atoms with van der Waals surface area (Å²) < 4.78 is 40.3. The molecule has 0 spiro atoms. The molecule has 4 rings (SSSR count). The Balaban J connectivity index is 1.60. The Morgan fingerprint density at radius 1 is 1.03 bits per heavy atom. The average Bonchev–Trinajstić information content (AvgIpc) is 2.99. The number of hydrogen-bond donors (Lipinski definition) is 0. The van der Waals surface area contributed by atoms with Crippen LogP contribution < -0.4 is 0 Å². The molecule has 3 amide bonds. The van der Waals surface area contributed by atoms with Gasteiger partial charge >= 0.3 is 6.18 Å². The molecule has 8 heteroatoms. The summed E-state index contributed by atoms with van der Waals surface area (Å²) in [5, 5.41) is 0. The fourth-order valence-electron chi connectivity index (χ4n) is 5.35. The Hall–Kier alpha value is -3.16. The van der Waals surface area contributed by atoms with Crippen LogP contribution in [-0.2, 0) is 26.0 Å². The number of benzene rings is 2. The molecule has 0 aromatic heterocycles. The first-order chi connectivity index (χ1) is 16.7. The number of carbonyl (C=O) groups is 3. The molecule has 2 saturated heterocycles. The van der Waals surface area contributed by atoms with E-state index in [9.17, 15) is 27.6 Å². The zero-order valence-electron chi connectivity index (χ0n) is 19.7. The number of hydrogen-bond acceptors (Lipinski definition) is 3. The second kappa shape index (κ2) is 9.84. The summed E-state index contributed by atoms with van der Waals surface area (Å²) in [5.74, 6) is -1.07. The van der Waals surface area contributed by atoms with E-state index in [0.29, 0.717) is 19.0 Å². The molecular formula is C27H29F3N2O3. The third-order valence-electron chi connectivity index (χ3n) is 7.27. The molecule has 2 heterocycles. The van der Waals surface area contributed by atoms with Gasteiger partial charge in [0, 0.05) is 32.5 Å². The standard InChI is InChI=1S/C27H29F3N2O3/c1-2-32-24(34)18-26(25(32)35,21-11-6-12-22(16-21)27(28,29)30)17-23(33)31-14-7-10-20(13-15-31)19-8-4-3-5-9-19/h3-6,8-9,11-12,16,20H,2,7,10,13-15,17-18H2,1H3/t20-,26+/m0/s1. The molecule has 2 atom stereocenters. The Morgan fingerprint density at radius 3 is 2.43 bits per heavy atom. The number of likely N-dealkylation sites (tertiary alicyclic amines) is 2. The Labute approximate surface area is 202 Å². The number of imide groups is 1. The maximum atomic E-state index is 13.5. The smallest absolute Gasteiger partial charge is 0.343 e. The lowest BCUT2D eigenvalue weighted by Gasteiger charge is -2.30. The molecule has 0 aliphatic carbocycles. The fourth-order valence-corrected chi connectivity index (χ4v) is 5.35. The van der Waals surface area contributed by atoms with Gasteiger partial charge in [-0.05, 0) is 49.3 Å². The zero-order chi connectivity index (χ0) is 25.2. The van der Waals surface area contributed by atoms with Crippen LogP contribution in [0.3, 0.4) is 0 Å². The van der Waals surface area contributed by atoms with Crippen LogP contribution in [-0.4, -0.2) is 47.2 Å². The number of nitrogens with zero attached hydrogens (tertiary/aromatic N) is 2. The van der Waals surface area contributed by atoms with Crippen molar-refractivity contribution in [2.75, 3.05) is 19.6 Å². The van der Waals surface area contributed by atoms with Gasteiger partial charge in [-0.25, -0.2) is 0 Å². The SMILES string of the molecule is CCN1C(=O)C[C@](CC(=O)N2CCC[C@H](c3ccccc3)CC2)(c2cccc(C(F)(F)F)c2)C1=O. The van der Waals surface area contributed by atoms with E-state index in [1.807, 2.05) is 18.2 Å². The van der Waals surface area contributed by atoms with Crippen LogP contribution in [0.4, 0.5) is 13.2 Å². The van der Waals surface area contributed by atoms with Gasteiger partial charge < -0.3 is 4.90 Å². The predicted molar refractivity (Wildman–Crippen MR) is 124 cm³/mol. The van der Waals surface area contributed by atoms with E-state index in [2.05, 4.69) is 12.1 Å². The number of amides is 3. The van der Waals surface area contributed by atoms with E-state index >= 15 is 0 Å². The maximum absolute atomic E-state index is 13.5. The van der Waals surface area contributed by atoms with Crippen LogP contribution in [0.2, 0.25) is 0 Å². The van der Waals surface area contributed by atoms with Crippen LogP contribution in [0.15, 0.2) is 54.6 Å². The molecule has 2 aliphatic rings. The van der Waals surface area contributed by atoms with E-state index in [1.165, 1.54) is 17.7 Å². The van der Waals surface area contributed by atoms with Gasteiger partial charge in [0.15, 0.2) is 0 Å². The van der Waals surface area contributed by atoms with Crippen molar-refractivity contribution in [2.45, 2.75) is 56.5 Å². The summed E-state index contributed by atoms with van der Waals surface area (Å²) in [7, 11) is 0. The topological polar surface area (TPSA) is 57.7 Å². The maximum Gasteiger partial charge on any atom is 0.416 e. The minimum absolute atomic E-state index is 0.0620. The number of halogens is 3. The highest BCUT2D eigenvalue weighted by molar-refractivity contribution is 6.10. The number of likely N-dealkylation sites (N-methyl/N-ethyl adjacent to an activating group) is 1. The second-order valence-corrected chi connectivity index (χ2v) is 9.38. The van der Waals surface area contributed by atoms with Gasteiger partial charge in [-0.1, -0.05) is 48.5 Å². The number of carbonyl (C=O) groups excluding carboxylic acids is 3. The van der Waals surface area contributed by atoms with Gasteiger partial charge in [0.1, 0.15) is 0 Å². The first-order valence-corrected chi connectivity index (χ1v) is 12.0. The first kappa shape index (κ1) is 24.9. The van der Waals surface area contributed by atoms with Crippen LogP contribution >= 0.6 is 0 Å². The van der Waals surface area contributed by atoms with E-state index in [0.717, 1.165) is 36.3 Å². The molecule has 2 fully saturated rings. The first-order valence-electron chi connectivity index (χ1n) is 12.0. The van der Waals surface area contributed by atoms with Gasteiger partial charge in [0.05, 0.1) is 11.0 Å². The van der Waals surface area contributed by atoms with Crippen LogP contribution in [0, 0.1) is 0 Å². The molecule has 0 radical (unpaired) electrons. The van der Waals surface area contributed by atoms with Crippen LogP contribution in [0.25, 0.3) is 0 Å². The van der Waals surface area contributed by atoms with Crippen molar-refractivity contribution in [3.63, 3.8) is 0 Å². The number of alkyl halides is 3. The minimum atomic E-state index is -4.60. The lowest BCUT2D eigenvalue weighted by atomic mass is 9.75. The van der Waals surface area contributed by atoms with E-state index < -0.39 is 29.0 Å². The molecule has 2 aliphatic heterocycles. The van der Waals surface area contributed by atoms with Crippen molar-refractivity contribution >= 4 is 17.7 Å². The van der Waals surface area contributed by atoms with Crippen molar-refractivity contribution in [1.82, 2.24) is 9.80 Å². The van der Waals surface area contributed by atoms with E-state index in [4.69, 9.17) is 0 Å². The highest BCUT2D eigenvalue weighted by Gasteiger charge is 2.54. The minimum Gasteiger partial charge on any atom is -0.343 e. The van der Waals surface area contributed by atoms with E-state index in [-0.39, 0.29) is 30.9 Å². The second-order valence-electron chi connectivity index (χ2n) is 9.38. The van der Waals surface area contributed by atoms with Crippen LogP contribution in [0.5, 0.6) is 0 Å². The Kier molecular flexibility index (Phi) is 7.01. The van der Waals surface area contributed by atoms with Gasteiger partial charge in [0.25, 0.3) is 0 Å². The molecule has 0 saturated carbocycles. The van der Waals surface area contributed by atoms with Crippen LogP contribution in [0.1, 0.15) is 61.6 Å². The van der Waals surface area contributed by atoms with Crippen molar-refractivity contribution < 1.29 is 27.6 Å². The molecule has 186 valence electrons. The summed E-state index contributed by atoms with van der Waals surface area (Å²) in [6, 6.07) is 14.6. The van der Waals surface area contributed by atoms with Gasteiger partial charge in [-0.15, -0.1) is 0 Å². The third kappa shape index (κ3) is 4.97. The fraction of sp³-hybridized carbons (Fsp3) is 0.444. The quantitative estimate of drug-likeness (QED) is 0.565. The largest absolute Gasteiger partial charge is 0.416 e. The Morgan fingerprint density at radius 2 is 1.77 bits per heavy atom. The molecule has 0 N–H and O–H groups in total. The highest BCUT2D eigenvalue weighted by Crippen LogP contribution is 2.42. The van der Waals surface area contributed by atoms with Gasteiger partial charge in [-0.3, -0.25) is 19.3 Å². The van der Waals surface area contributed by atoms with E-state index in [1.54, 1.807) is 11.8 Å². The molecule has 35 heavy (non-hydrogen) atoms. The lowest BCUT2D eigenvalue weighted by Crippen LogP contribution is -2.43. The molecule has 0 bridgehead atoms. The molecule has 2 aromatic carbocycles. The summed E-state index contributed by atoms with van der Waals surface area (Å²) in [6.45, 7) is 2.75. The van der Waals surface area contributed by atoms with Gasteiger partial charge in [0.2, 0.25) is 17.7 Å². The van der Waals surface area contributed by atoms with Crippen molar-refractivity contribution in [3.05, 3.63) is 71.3 Å².